The Hall–Kier alpha value is -1.02. The van der Waals surface area contributed by atoms with Crippen LogP contribution in [0.5, 0.6) is 5.75 Å². The molecule has 1 unspecified atom stereocenters. The Morgan fingerprint density at radius 1 is 1.25 bits per heavy atom. The van der Waals surface area contributed by atoms with Crippen molar-refractivity contribution >= 4 is 0 Å². The fraction of sp³-hybridized carbons (Fsp3) is 0.571. The summed E-state index contributed by atoms with van der Waals surface area (Å²) in [6.07, 6.45) is 5.14. The van der Waals surface area contributed by atoms with Gasteiger partial charge in [-0.3, -0.25) is 0 Å². The fourth-order valence-electron chi connectivity index (χ4n) is 3.16. The predicted octanol–water partition coefficient (Wildman–Crippen LogP) is 2.52. The second-order valence-corrected chi connectivity index (χ2v) is 5.13. The molecule has 1 saturated heterocycles. The number of aryl methyl sites for hydroxylation is 1. The zero-order valence-corrected chi connectivity index (χ0v) is 9.65. The summed E-state index contributed by atoms with van der Waals surface area (Å²) in [5.74, 6) is 1.12. The molecule has 1 fully saturated rings. The molecule has 0 saturated carbocycles. The lowest BCUT2D eigenvalue weighted by molar-refractivity contribution is 0.313. The zero-order valence-electron chi connectivity index (χ0n) is 9.65. The van der Waals surface area contributed by atoms with Gasteiger partial charge in [-0.2, -0.15) is 0 Å². The molecule has 1 N–H and O–H groups in total. The molecule has 86 valence electrons. The second kappa shape index (κ2) is 4.10. The summed E-state index contributed by atoms with van der Waals surface area (Å²) in [5.41, 5.74) is 2.84. The lowest BCUT2D eigenvalue weighted by atomic mass is 10.0. The van der Waals surface area contributed by atoms with E-state index in [-0.39, 0.29) is 0 Å². The maximum absolute atomic E-state index is 9.46. The summed E-state index contributed by atoms with van der Waals surface area (Å²) in [6, 6.07) is 5.90. The third-order valence-electron chi connectivity index (χ3n) is 4.01. The van der Waals surface area contributed by atoms with Gasteiger partial charge in [-0.05, 0) is 68.0 Å². The fourth-order valence-corrected chi connectivity index (χ4v) is 3.16. The number of fused-ring (bicyclic) bond motifs is 1. The van der Waals surface area contributed by atoms with E-state index in [4.69, 9.17) is 0 Å². The van der Waals surface area contributed by atoms with Crippen LogP contribution in [0.15, 0.2) is 18.2 Å². The molecular weight excluding hydrogens is 198 g/mol. The first-order valence-corrected chi connectivity index (χ1v) is 6.37. The van der Waals surface area contributed by atoms with Crippen LogP contribution in [0.25, 0.3) is 0 Å². The molecule has 1 heterocycles. The van der Waals surface area contributed by atoms with E-state index in [1.54, 1.807) is 0 Å². The van der Waals surface area contributed by atoms with Crippen molar-refractivity contribution in [2.45, 2.75) is 31.6 Å². The maximum Gasteiger partial charge on any atom is 0.115 e. The summed E-state index contributed by atoms with van der Waals surface area (Å²) in [6.45, 7) is 3.78. The Bertz CT molecular complexity index is 382. The molecule has 1 aliphatic carbocycles. The number of phenols is 1. The molecule has 0 aromatic heterocycles. The molecule has 0 amide bonds. The first-order valence-electron chi connectivity index (χ1n) is 6.37. The summed E-state index contributed by atoms with van der Waals surface area (Å²) < 4.78 is 0. The highest BCUT2D eigenvalue weighted by Crippen LogP contribution is 2.35. The van der Waals surface area contributed by atoms with Gasteiger partial charge >= 0.3 is 0 Å². The minimum atomic E-state index is 0.417. The summed E-state index contributed by atoms with van der Waals surface area (Å²) in [5, 5.41) is 9.46. The molecule has 1 aliphatic heterocycles. The minimum absolute atomic E-state index is 0.417. The first-order chi connectivity index (χ1) is 7.83. The highest BCUT2D eigenvalue weighted by atomic mass is 16.3. The molecule has 0 radical (unpaired) electrons. The number of hydrogen-bond donors (Lipinski definition) is 1. The van der Waals surface area contributed by atoms with E-state index in [9.17, 15) is 5.11 Å². The average molecular weight is 217 g/mol. The molecule has 1 aromatic carbocycles. The van der Waals surface area contributed by atoms with E-state index in [0.29, 0.717) is 11.7 Å². The van der Waals surface area contributed by atoms with Crippen molar-refractivity contribution < 1.29 is 5.11 Å². The number of rotatable bonds is 2. The molecule has 0 spiro atoms. The Balaban J connectivity index is 1.75. The van der Waals surface area contributed by atoms with Crippen LogP contribution in [-0.4, -0.2) is 29.6 Å². The van der Waals surface area contributed by atoms with Gasteiger partial charge in [0.25, 0.3) is 0 Å². The van der Waals surface area contributed by atoms with Gasteiger partial charge in [-0.15, -0.1) is 0 Å². The van der Waals surface area contributed by atoms with Crippen LogP contribution in [-0.2, 0) is 6.42 Å². The van der Waals surface area contributed by atoms with Gasteiger partial charge in [-0.1, -0.05) is 6.07 Å². The number of likely N-dealkylation sites (tertiary alicyclic amines) is 1. The van der Waals surface area contributed by atoms with Gasteiger partial charge in [0.2, 0.25) is 0 Å². The quantitative estimate of drug-likeness (QED) is 0.822. The summed E-state index contributed by atoms with van der Waals surface area (Å²) >= 11 is 0. The Morgan fingerprint density at radius 2 is 2.06 bits per heavy atom. The van der Waals surface area contributed by atoms with Gasteiger partial charge in [-0.25, -0.2) is 0 Å². The molecular formula is C14H19NO. The van der Waals surface area contributed by atoms with E-state index >= 15 is 0 Å². The van der Waals surface area contributed by atoms with Gasteiger partial charge in [0.1, 0.15) is 5.75 Å². The van der Waals surface area contributed by atoms with Crippen LogP contribution >= 0.6 is 0 Å². The van der Waals surface area contributed by atoms with Crippen LogP contribution in [0.4, 0.5) is 0 Å². The summed E-state index contributed by atoms with van der Waals surface area (Å²) in [4.78, 5) is 2.59. The minimum Gasteiger partial charge on any atom is -0.508 e. The Morgan fingerprint density at radius 3 is 2.88 bits per heavy atom. The predicted molar refractivity (Wildman–Crippen MR) is 64.8 cm³/mol. The molecule has 2 nitrogen and oxygen atoms in total. The highest BCUT2D eigenvalue weighted by molar-refractivity contribution is 5.40. The largest absolute Gasteiger partial charge is 0.508 e. The van der Waals surface area contributed by atoms with Crippen LogP contribution < -0.4 is 0 Å². The zero-order chi connectivity index (χ0) is 11.0. The molecule has 3 rings (SSSR count). The van der Waals surface area contributed by atoms with E-state index in [1.165, 1.54) is 50.0 Å². The topological polar surface area (TPSA) is 23.5 Å². The Kier molecular flexibility index (Phi) is 2.60. The normalized spacial score (nSPS) is 24.9. The van der Waals surface area contributed by atoms with Crippen LogP contribution in [0.2, 0.25) is 0 Å². The number of phenolic OH excluding ortho intramolecular Hbond substituents is 1. The van der Waals surface area contributed by atoms with Crippen molar-refractivity contribution in [3.63, 3.8) is 0 Å². The third-order valence-corrected chi connectivity index (χ3v) is 4.01. The second-order valence-electron chi connectivity index (χ2n) is 5.13. The molecule has 1 atom stereocenters. The van der Waals surface area contributed by atoms with Crippen molar-refractivity contribution in [3.05, 3.63) is 29.3 Å². The molecule has 16 heavy (non-hydrogen) atoms. The van der Waals surface area contributed by atoms with E-state index in [0.717, 1.165) is 6.42 Å². The van der Waals surface area contributed by atoms with E-state index in [2.05, 4.69) is 11.0 Å². The molecule has 2 aliphatic rings. The number of aromatic hydroxyl groups is 1. The number of benzene rings is 1. The maximum atomic E-state index is 9.46. The van der Waals surface area contributed by atoms with Crippen LogP contribution in [0, 0.1) is 0 Å². The van der Waals surface area contributed by atoms with Gasteiger partial charge in [0.05, 0.1) is 0 Å². The van der Waals surface area contributed by atoms with Crippen molar-refractivity contribution in [3.8, 4) is 5.75 Å². The number of hydrogen-bond acceptors (Lipinski definition) is 2. The number of nitrogens with zero attached hydrogens (tertiary/aromatic N) is 1. The lowest BCUT2D eigenvalue weighted by Gasteiger charge is -2.20. The summed E-state index contributed by atoms with van der Waals surface area (Å²) in [7, 11) is 0. The van der Waals surface area contributed by atoms with E-state index < -0.39 is 0 Å². The van der Waals surface area contributed by atoms with Crippen LogP contribution in [0.3, 0.4) is 0 Å². The van der Waals surface area contributed by atoms with Gasteiger partial charge in [0, 0.05) is 6.54 Å². The SMILES string of the molecule is Oc1ccc2c(c1)CCC2CN1CCCC1. The average Bonchev–Trinajstić information content (AvgIpc) is 2.89. The van der Waals surface area contributed by atoms with Gasteiger partial charge in [0.15, 0.2) is 0 Å². The van der Waals surface area contributed by atoms with Crippen LogP contribution in [0.1, 0.15) is 36.3 Å². The van der Waals surface area contributed by atoms with Crippen molar-refractivity contribution in [1.82, 2.24) is 4.90 Å². The van der Waals surface area contributed by atoms with E-state index in [1.807, 2.05) is 12.1 Å². The first kappa shape index (κ1) is 10.2. The monoisotopic (exact) mass is 217 g/mol. The van der Waals surface area contributed by atoms with Crippen molar-refractivity contribution in [2.75, 3.05) is 19.6 Å². The Labute approximate surface area is 96.9 Å². The van der Waals surface area contributed by atoms with Crippen molar-refractivity contribution in [2.24, 2.45) is 0 Å². The lowest BCUT2D eigenvalue weighted by Crippen LogP contribution is -2.24. The standard InChI is InChI=1S/C14H19NO/c16-13-5-6-14-11(9-13)3-4-12(14)10-15-7-1-2-8-15/h5-6,9,12,16H,1-4,7-8,10H2. The molecule has 2 heteroatoms. The molecule has 0 bridgehead atoms. The smallest absolute Gasteiger partial charge is 0.115 e. The molecule has 1 aromatic rings. The third kappa shape index (κ3) is 1.82. The highest BCUT2D eigenvalue weighted by Gasteiger charge is 2.25. The van der Waals surface area contributed by atoms with Gasteiger partial charge < -0.3 is 10.0 Å². The van der Waals surface area contributed by atoms with Crippen molar-refractivity contribution in [1.29, 1.82) is 0 Å².